The van der Waals surface area contributed by atoms with Gasteiger partial charge in [0.1, 0.15) is 18.1 Å². The average molecular weight is 355 g/mol. The normalized spacial score (nSPS) is 15.7. The van der Waals surface area contributed by atoms with Crippen LogP contribution in [0.25, 0.3) is 0 Å². The number of aromatic amines is 1. The molecular formula is C15H25N5O5. The average Bonchev–Trinajstić information content (AvgIpc) is 3.10. The minimum Gasteiger partial charge on any atom is -0.480 e. The summed E-state index contributed by atoms with van der Waals surface area (Å²) in [5.74, 6) is -2.77. The van der Waals surface area contributed by atoms with Gasteiger partial charge in [-0.2, -0.15) is 0 Å². The summed E-state index contributed by atoms with van der Waals surface area (Å²) in [6.45, 7) is 3.03. The Morgan fingerprint density at radius 2 is 2.00 bits per heavy atom. The van der Waals surface area contributed by atoms with Crippen molar-refractivity contribution < 1.29 is 24.6 Å². The van der Waals surface area contributed by atoms with Gasteiger partial charge in [-0.3, -0.25) is 9.59 Å². The molecule has 0 unspecified atom stereocenters. The zero-order valence-electron chi connectivity index (χ0n) is 14.2. The van der Waals surface area contributed by atoms with E-state index in [1.165, 1.54) is 12.5 Å². The molecule has 10 heteroatoms. The van der Waals surface area contributed by atoms with Gasteiger partial charge < -0.3 is 31.6 Å². The van der Waals surface area contributed by atoms with Crippen LogP contribution in [0.15, 0.2) is 12.5 Å². The Morgan fingerprint density at radius 1 is 1.32 bits per heavy atom. The lowest BCUT2D eigenvalue weighted by atomic mass is 9.97. The van der Waals surface area contributed by atoms with Gasteiger partial charge in [0.2, 0.25) is 11.8 Å². The number of carboxylic acid groups (broad SMARTS) is 1. The molecule has 25 heavy (non-hydrogen) atoms. The van der Waals surface area contributed by atoms with Crippen molar-refractivity contribution in [1.82, 2.24) is 20.6 Å². The smallest absolute Gasteiger partial charge is 0.326 e. The largest absolute Gasteiger partial charge is 0.480 e. The van der Waals surface area contributed by atoms with Crippen LogP contribution in [0.3, 0.4) is 0 Å². The van der Waals surface area contributed by atoms with Gasteiger partial charge in [0.15, 0.2) is 0 Å². The van der Waals surface area contributed by atoms with Crippen molar-refractivity contribution in [2.24, 2.45) is 11.7 Å². The summed E-state index contributed by atoms with van der Waals surface area (Å²) < 4.78 is 0. The number of aliphatic carboxylic acids is 1. The predicted molar refractivity (Wildman–Crippen MR) is 88.3 cm³/mol. The van der Waals surface area contributed by atoms with Gasteiger partial charge in [0, 0.05) is 12.6 Å². The van der Waals surface area contributed by atoms with E-state index in [4.69, 9.17) is 10.8 Å². The lowest BCUT2D eigenvalue weighted by Gasteiger charge is -2.26. The number of carbonyl (C=O) groups is 3. The molecule has 0 spiro atoms. The molecule has 10 nitrogen and oxygen atoms in total. The molecule has 1 aromatic heterocycles. The lowest BCUT2D eigenvalue weighted by Crippen LogP contribution is -2.57. The lowest BCUT2D eigenvalue weighted by molar-refractivity contribution is -0.142. The fourth-order valence-corrected chi connectivity index (χ4v) is 2.12. The zero-order valence-corrected chi connectivity index (χ0v) is 14.2. The predicted octanol–water partition coefficient (Wildman–Crippen LogP) is -1.63. The Labute approximate surface area is 145 Å². The molecule has 0 radical (unpaired) electrons. The highest BCUT2D eigenvalue weighted by molar-refractivity contribution is 5.92. The molecule has 1 heterocycles. The highest BCUT2D eigenvalue weighted by Crippen LogP contribution is 2.09. The molecule has 7 N–H and O–H groups in total. The summed E-state index contributed by atoms with van der Waals surface area (Å²) in [6, 6.07) is -3.31. The van der Waals surface area contributed by atoms with Gasteiger partial charge in [-0.15, -0.1) is 0 Å². The van der Waals surface area contributed by atoms with Crippen LogP contribution >= 0.6 is 0 Å². The van der Waals surface area contributed by atoms with Crippen molar-refractivity contribution in [3.8, 4) is 0 Å². The topological polar surface area (TPSA) is 170 Å². The van der Waals surface area contributed by atoms with Crippen molar-refractivity contribution in [3.63, 3.8) is 0 Å². The van der Waals surface area contributed by atoms with Crippen LogP contribution in [0.2, 0.25) is 0 Å². The summed E-state index contributed by atoms with van der Waals surface area (Å²) in [5, 5.41) is 23.1. The number of nitrogens with two attached hydrogens (primary N) is 1. The van der Waals surface area contributed by atoms with Crippen molar-refractivity contribution in [2.45, 2.75) is 44.8 Å². The van der Waals surface area contributed by atoms with Crippen molar-refractivity contribution in [1.29, 1.82) is 0 Å². The maximum atomic E-state index is 12.5. The van der Waals surface area contributed by atoms with E-state index in [1.54, 1.807) is 6.92 Å². The number of nitrogens with zero attached hydrogens (tertiary/aromatic N) is 1. The third-order valence-corrected chi connectivity index (χ3v) is 3.91. The number of carboxylic acids is 1. The van der Waals surface area contributed by atoms with E-state index in [0.717, 1.165) is 0 Å². The highest BCUT2D eigenvalue weighted by atomic mass is 16.4. The number of amides is 2. The first-order chi connectivity index (χ1) is 11.8. The van der Waals surface area contributed by atoms with E-state index in [0.29, 0.717) is 12.1 Å². The molecule has 0 aliphatic rings. The van der Waals surface area contributed by atoms with Crippen molar-refractivity contribution >= 4 is 17.8 Å². The first-order valence-electron chi connectivity index (χ1n) is 7.97. The van der Waals surface area contributed by atoms with Crippen LogP contribution in [-0.2, 0) is 20.8 Å². The molecule has 0 aliphatic carbocycles. The quantitative estimate of drug-likeness (QED) is 0.292. The number of aromatic nitrogens is 2. The van der Waals surface area contributed by atoms with Crippen LogP contribution < -0.4 is 16.4 Å². The Balaban J connectivity index is 2.83. The minimum atomic E-state index is -1.21. The molecule has 4 atom stereocenters. The van der Waals surface area contributed by atoms with Gasteiger partial charge >= 0.3 is 5.97 Å². The Hall–Kier alpha value is -2.46. The van der Waals surface area contributed by atoms with Gasteiger partial charge in [0.05, 0.1) is 18.6 Å². The summed E-state index contributed by atoms with van der Waals surface area (Å²) in [4.78, 5) is 42.4. The number of hydrogen-bond donors (Lipinski definition) is 6. The van der Waals surface area contributed by atoms with Crippen molar-refractivity contribution in [2.75, 3.05) is 6.61 Å². The second-order valence-electron chi connectivity index (χ2n) is 5.82. The fourth-order valence-electron chi connectivity index (χ4n) is 2.12. The number of nitrogens with one attached hydrogen (secondary N) is 3. The van der Waals surface area contributed by atoms with E-state index < -0.39 is 42.5 Å². The number of imidazole rings is 1. The maximum absolute atomic E-state index is 12.5. The number of H-pyrrole nitrogens is 1. The molecule has 2 amide bonds. The van der Waals surface area contributed by atoms with E-state index in [9.17, 15) is 19.5 Å². The van der Waals surface area contributed by atoms with Crippen LogP contribution in [0, 0.1) is 5.92 Å². The molecule has 0 saturated carbocycles. The minimum absolute atomic E-state index is 0.00188. The molecule has 140 valence electrons. The van der Waals surface area contributed by atoms with Crippen LogP contribution in [0.1, 0.15) is 26.0 Å². The molecule has 0 bridgehead atoms. The molecule has 0 fully saturated rings. The molecule has 0 saturated heterocycles. The maximum Gasteiger partial charge on any atom is 0.326 e. The van der Waals surface area contributed by atoms with Gasteiger partial charge in [-0.05, 0) is 5.92 Å². The zero-order chi connectivity index (χ0) is 19.0. The number of aliphatic hydroxyl groups excluding tert-OH is 1. The first kappa shape index (κ1) is 20.6. The molecule has 0 aromatic carbocycles. The fraction of sp³-hybridized carbons (Fsp3) is 0.600. The summed E-state index contributed by atoms with van der Waals surface area (Å²) in [7, 11) is 0. The molecule has 0 aliphatic heterocycles. The van der Waals surface area contributed by atoms with E-state index >= 15 is 0 Å². The molecule has 1 rings (SSSR count). The number of hydrogen-bond acceptors (Lipinski definition) is 6. The first-order valence-corrected chi connectivity index (χ1v) is 7.97. The highest BCUT2D eigenvalue weighted by Gasteiger charge is 2.31. The monoisotopic (exact) mass is 355 g/mol. The SMILES string of the molecule is CC[C@H](C)[C@H](NC(=O)[C@@H](N)CO)C(=O)N[C@@H](Cc1c[nH]cn1)C(=O)O. The van der Waals surface area contributed by atoms with E-state index in [2.05, 4.69) is 20.6 Å². The van der Waals surface area contributed by atoms with Gasteiger partial charge in [-0.1, -0.05) is 20.3 Å². The van der Waals surface area contributed by atoms with Crippen LogP contribution in [-0.4, -0.2) is 62.7 Å². The summed E-state index contributed by atoms with van der Waals surface area (Å²) in [5.41, 5.74) is 5.93. The third kappa shape index (κ3) is 6.16. The third-order valence-electron chi connectivity index (χ3n) is 3.91. The van der Waals surface area contributed by atoms with Gasteiger partial charge in [0.25, 0.3) is 0 Å². The number of aliphatic hydroxyl groups is 1. The summed E-state index contributed by atoms with van der Waals surface area (Å²) in [6.07, 6.45) is 3.52. The molecule has 1 aromatic rings. The van der Waals surface area contributed by atoms with E-state index in [1.807, 2.05) is 6.92 Å². The number of carbonyl (C=O) groups excluding carboxylic acids is 2. The second-order valence-corrected chi connectivity index (χ2v) is 5.82. The Bertz CT molecular complexity index is 577. The second kappa shape index (κ2) is 9.74. The summed E-state index contributed by atoms with van der Waals surface area (Å²) >= 11 is 0. The van der Waals surface area contributed by atoms with Crippen LogP contribution in [0.5, 0.6) is 0 Å². The number of rotatable bonds is 10. The van der Waals surface area contributed by atoms with Gasteiger partial charge in [-0.25, -0.2) is 9.78 Å². The Kier molecular flexibility index (Phi) is 8.02. The van der Waals surface area contributed by atoms with Crippen LogP contribution in [0.4, 0.5) is 0 Å². The standard InChI is InChI=1S/C15H25N5O5/c1-3-8(2)12(20-13(22)10(16)6-21)14(23)19-11(15(24)25)4-9-5-17-7-18-9/h5,7-8,10-12,21H,3-4,6,16H2,1-2H3,(H,17,18)(H,19,23)(H,20,22)(H,24,25)/t8-,10-,11-,12-/m0/s1. The molecular weight excluding hydrogens is 330 g/mol. The Morgan fingerprint density at radius 3 is 2.48 bits per heavy atom. The van der Waals surface area contributed by atoms with E-state index in [-0.39, 0.29) is 12.3 Å². The van der Waals surface area contributed by atoms with Crippen molar-refractivity contribution in [3.05, 3.63) is 18.2 Å².